The molecular weight excluding hydrogens is 383 g/mol. The van der Waals surface area contributed by atoms with Crippen LogP contribution in [-0.4, -0.2) is 46.1 Å². The van der Waals surface area contributed by atoms with Gasteiger partial charge in [0.2, 0.25) is 5.91 Å². The standard InChI is InChI=1S/C23H25FN4O2/c1-15(2)25-21(29)14-27(4)23(30)20-13-28(19-11-9-18(24)10-12-19)26-22(20)17-7-5-16(3)6-8-17/h5-13,15H,14H2,1-4H3,(H,25,29). The van der Waals surface area contributed by atoms with Crippen molar-refractivity contribution in [2.24, 2.45) is 0 Å². The van der Waals surface area contributed by atoms with Crippen LogP contribution in [0.15, 0.2) is 54.7 Å². The summed E-state index contributed by atoms with van der Waals surface area (Å²) < 4.78 is 14.9. The molecule has 30 heavy (non-hydrogen) atoms. The van der Waals surface area contributed by atoms with Crippen LogP contribution in [0.4, 0.5) is 4.39 Å². The number of carbonyl (C=O) groups is 2. The van der Waals surface area contributed by atoms with Crippen molar-refractivity contribution in [1.82, 2.24) is 20.0 Å². The van der Waals surface area contributed by atoms with Gasteiger partial charge in [0.1, 0.15) is 11.5 Å². The molecule has 7 heteroatoms. The Morgan fingerprint density at radius 1 is 1.10 bits per heavy atom. The largest absolute Gasteiger partial charge is 0.352 e. The molecule has 1 aromatic heterocycles. The highest BCUT2D eigenvalue weighted by Crippen LogP contribution is 2.25. The molecule has 3 aromatic rings. The molecule has 6 nitrogen and oxygen atoms in total. The van der Waals surface area contributed by atoms with Crippen LogP contribution >= 0.6 is 0 Å². The van der Waals surface area contributed by atoms with Crippen molar-refractivity contribution < 1.29 is 14.0 Å². The fourth-order valence-corrected chi connectivity index (χ4v) is 3.04. The average Bonchev–Trinajstić information content (AvgIpc) is 3.13. The summed E-state index contributed by atoms with van der Waals surface area (Å²) in [7, 11) is 1.58. The zero-order valence-electron chi connectivity index (χ0n) is 17.5. The van der Waals surface area contributed by atoms with E-state index in [1.54, 1.807) is 30.1 Å². The van der Waals surface area contributed by atoms with E-state index in [0.717, 1.165) is 11.1 Å². The van der Waals surface area contributed by atoms with E-state index in [9.17, 15) is 14.0 Å². The molecule has 1 N–H and O–H groups in total. The summed E-state index contributed by atoms with van der Waals surface area (Å²) in [5.74, 6) is -0.904. The van der Waals surface area contributed by atoms with E-state index >= 15 is 0 Å². The number of aromatic nitrogens is 2. The molecule has 0 aliphatic heterocycles. The number of likely N-dealkylation sites (N-methyl/N-ethyl adjacent to an activating group) is 1. The van der Waals surface area contributed by atoms with Crippen molar-refractivity contribution in [3.63, 3.8) is 0 Å². The van der Waals surface area contributed by atoms with Crippen LogP contribution in [0.5, 0.6) is 0 Å². The van der Waals surface area contributed by atoms with Gasteiger partial charge in [-0.25, -0.2) is 9.07 Å². The molecule has 3 rings (SSSR count). The highest BCUT2D eigenvalue weighted by molar-refractivity contribution is 6.01. The number of halogens is 1. The molecule has 0 aliphatic carbocycles. The first-order valence-corrected chi connectivity index (χ1v) is 9.72. The molecule has 0 aliphatic rings. The summed E-state index contributed by atoms with van der Waals surface area (Å²) in [6.45, 7) is 5.64. The lowest BCUT2D eigenvalue weighted by Crippen LogP contribution is -2.40. The monoisotopic (exact) mass is 408 g/mol. The lowest BCUT2D eigenvalue weighted by atomic mass is 10.1. The normalized spacial score (nSPS) is 10.9. The highest BCUT2D eigenvalue weighted by atomic mass is 19.1. The molecule has 0 saturated carbocycles. The predicted molar refractivity (Wildman–Crippen MR) is 114 cm³/mol. The zero-order valence-corrected chi connectivity index (χ0v) is 17.5. The first kappa shape index (κ1) is 21.2. The van der Waals surface area contributed by atoms with Gasteiger partial charge < -0.3 is 10.2 Å². The molecule has 0 bridgehead atoms. The van der Waals surface area contributed by atoms with Crippen molar-refractivity contribution >= 4 is 11.8 Å². The van der Waals surface area contributed by atoms with Crippen molar-refractivity contribution in [1.29, 1.82) is 0 Å². The number of hydrogen-bond acceptors (Lipinski definition) is 3. The topological polar surface area (TPSA) is 67.2 Å². The Labute approximate surface area is 175 Å². The minimum absolute atomic E-state index is 0.00894. The zero-order chi connectivity index (χ0) is 21.8. The molecule has 2 amide bonds. The number of benzene rings is 2. The lowest BCUT2D eigenvalue weighted by Gasteiger charge is -2.17. The minimum Gasteiger partial charge on any atom is -0.352 e. The summed E-state index contributed by atoms with van der Waals surface area (Å²) >= 11 is 0. The van der Waals surface area contributed by atoms with Crippen LogP contribution in [0, 0.1) is 12.7 Å². The Morgan fingerprint density at radius 3 is 2.33 bits per heavy atom. The molecule has 0 saturated heterocycles. The van der Waals surface area contributed by atoms with Gasteiger partial charge in [0.25, 0.3) is 5.91 Å². The van der Waals surface area contributed by atoms with Crippen molar-refractivity contribution in [3.05, 3.63) is 71.7 Å². The first-order valence-electron chi connectivity index (χ1n) is 9.72. The van der Waals surface area contributed by atoms with Crippen molar-refractivity contribution in [3.8, 4) is 16.9 Å². The molecule has 0 radical (unpaired) electrons. The number of nitrogens with zero attached hydrogens (tertiary/aromatic N) is 3. The fraction of sp³-hybridized carbons (Fsp3) is 0.261. The molecule has 1 heterocycles. The third-order valence-corrected chi connectivity index (χ3v) is 4.54. The van der Waals surface area contributed by atoms with Crippen LogP contribution in [0.2, 0.25) is 0 Å². The highest BCUT2D eigenvalue weighted by Gasteiger charge is 2.23. The average molecular weight is 408 g/mol. The number of rotatable bonds is 6. The smallest absolute Gasteiger partial charge is 0.257 e. The van der Waals surface area contributed by atoms with Gasteiger partial charge in [-0.05, 0) is 45.0 Å². The van der Waals surface area contributed by atoms with Gasteiger partial charge in [-0.3, -0.25) is 9.59 Å². The van der Waals surface area contributed by atoms with Crippen LogP contribution in [0.25, 0.3) is 16.9 Å². The number of aryl methyl sites for hydroxylation is 1. The maximum atomic E-state index is 13.3. The van der Waals surface area contributed by atoms with Gasteiger partial charge in [-0.1, -0.05) is 29.8 Å². The number of nitrogens with one attached hydrogen (secondary N) is 1. The fourth-order valence-electron chi connectivity index (χ4n) is 3.04. The van der Waals surface area contributed by atoms with Crippen LogP contribution in [0.3, 0.4) is 0 Å². The summed E-state index contributed by atoms with van der Waals surface area (Å²) in [4.78, 5) is 26.6. The number of hydrogen-bond donors (Lipinski definition) is 1. The third-order valence-electron chi connectivity index (χ3n) is 4.54. The van der Waals surface area contributed by atoms with Gasteiger partial charge in [0, 0.05) is 24.8 Å². The molecule has 156 valence electrons. The van der Waals surface area contributed by atoms with E-state index in [4.69, 9.17) is 0 Å². The molecule has 0 atom stereocenters. The third kappa shape index (κ3) is 4.92. The van der Waals surface area contributed by atoms with E-state index in [1.165, 1.54) is 17.0 Å². The number of carbonyl (C=O) groups excluding carboxylic acids is 2. The number of amides is 2. The van der Waals surface area contributed by atoms with E-state index in [0.29, 0.717) is 16.9 Å². The van der Waals surface area contributed by atoms with E-state index in [-0.39, 0.29) is 30.2 Å². The summed E-state index contributed by atoms with van der Waals surface area (Å²) in [6, 6.07) is 13.5. The van der Waals surface area contributed by atoms with Gasteiger partial charge in [0.05, 0.1) is 17.8 Å². The maximum Gasteiger partial charge on any atom is 0.257 e. The van der Waals surface area contributed by atoms with Crippen molar-refractivity contribution in [2.75, 3.05) is 13.6 Å². The minimum atomic E-state index is -0.350. The molecule has 0 fully saturated rings. The van der Waals surface area contributed by atoms with Crippen LogP contribution < -0.4 is 5.32 Å². The van der Waals surface area contributed by atoms with Gasteiger partial charge in [-0.2, -0.15) is 5.10 Å². The van der Waals surface area contributed by atoms with E-state index in [1.807, 2.05) is 45.0 Å². The van der Waals surface area contributed by atoms with Crippen LogP contribution in [0.1, 0.15) is 29.8 Å². The summed E-state index contributed by atoms with van der Waals surface area (Å²) in [5.41, 5.74) is 3.37. The second kappa shape index (κ2) is 8.90. The molecule has 0 spiro atoms. The summed E-state index contributed by atoms with van der Waals surface area (Å²) in [6.07, 6.45) is 1.61. The quantitative estimate of drug-likeness (QED) is 0.678. The second-order valence-electron chi connectivity index (χ2n) is 7.56. The van der Waals surface area contributed by atoms with Gasteiger partial charge in [-0.15, -0.1) is 0 Å². The Balaban J connectivity index is 1.98. The van der Waals surface area contributed by atoms with Crippen molar-refractivity contribution in [2.45, 2.75) is 26.8 Å². The van der Waals surface area contributed by atoms with Crippen LogP contribution in [-0.2, 0) is 4.79 Å². The van der Waals surface area contributed by atoms with Gasteiger partial charge in [0.15, 0.2) is 0 Å². The predicted octanol–water partition coefficient (Wildman–Crippen LogP) is 3.58. The Hall–Kier alpha value is -3.48. The second-order valence-corrected chi connectivity index (χ2v) is 7.56. The Bertz CT molecular complexity index is 1040. The van der Waals surface area contributed by atoms with Gasteiger partial charge >= 0.3 is 0 Å². The maximum absolute atomic E-state index is 13.3. The summed E-state index contributed by atoms with van der Waals surface area (Å²) in [5, 5.41) is 7.37. The SMILES string of the molecule is Cc1ccc(-c2nn(-c3ccc(F)cc3)cc2C(=O)N(C)CC(=O)NC(C)C)cc1. The first-order chi connectivity index (χ1) is 14.2. The van der Waals surface area contributed by atoms with E-state index < -0.39 is 0 Å². The molecular formula is C23H25FN4O2. The molecule has 2 aromatic carbocycles. The lowest BCUT2D eigenvalue weighted by molar-refractivity contribution is -0.122. The molecule has 0 unspecified atom stereocenters. The van der Waals surface area contributed by atoms with E-state index in [2.05, 4.69) is 10.4 Å². The Kier molecular flexibility index (Phi) is 6.30. The Morgan fingerprint density at radius 2 is 1.73 bits per heavy atom.